The van der Waals surface area contributed by atoms with Crippen molar-refractivity contribution in [3.05, 3.63) is 64.2 Å². The first-order chi connectivity index (χ1) is 14.5. The predicted octanol–water partition coefficient (Wildman–Crippen LogP) is 3.95. The van der Waals surface area contributed by atoms with E-state index in [1.54, 1.807) is 0 Å². The molecule has 1 aromatic heterocycles. The Bertz CT molecular complexity index is 1150. The Hall–Kier alpha value is -2.83. The maximum absolute atomic E-state index is 13.0. The maximum atomic E-state index is 13.0. The molecular weight excluding hydrogens is 398 g/mol. The third-order valence-electron chi connectivity index (χ3n) is 6.05. The third-order valence-corrected chi connectivity index (χ3v) is 6.46. The molecule has 2 aromatic carbocycles. The Labute approximate surface area is 180 Å². The van der Waals surface area contributed by atoms with E-state index in [2.05, 4.69) is 39.7 Å². The monoisotopic (exact) mass is 421 g/mol. The Morgan fingerprint density at radius 2 is 1.93 bits per heavy atom. The van der Waals surface area contributed by atoms with Crippen molar-refractivity contribution >= 4 is 28.9 Å². The van der Waals surface area contributed by atoms with Crippen molar-refractivity contribution in [1.82, 2.24) is 14.5 Å². The standard InChI is InChI=1S/C23H24ClN5O/c1-28-12-10-20-19(13-28)26-22(29(20)2)23(30)27-18-8-4-6-16(21(18)24)14-5-3-7-17-15(14)9-11-25-17/h3-8,25H,9-13H2,1-2H3,(H,27,30). The Morgan fingerprint density at radius 1 is 1.13 bits per heavy atom. The smallest absolute Gasteiger partial charge is 0.291 e. The van der Waals surface area contributed by atoms with Crippen LogP contribution in [0, 0.1) is 0 Å². The largest absolute Gasteiger partial charge is 0.384 e. The molecule has 0 bridgehead atoms. The van der Waals surface area contributed by atoms with E-state index in [1.165, 1.54) is 5.56 Å². The van der Waals surface area contributed by atoms with Crippen LogP contribution in [0.2, 0.25) is 5.02 Å². The molecule has 2 N–H and O–H groups in total. The summed E-state index contributed by atoms with van der Waals surface area (Å²) in [6.45, 7) is 2.66. The number of carbonyl (C=O) groups is 1. The van der Waals surface area contributed by atoms with Gasteiger partial charge in [-0.15, -0.1) is 0 Å². The van der Waals surface area contributed by atoms with Crippen LogP contribution < -0.4 is 10.6 Å². The summed E-state index contributed by atoms with van der Waals surface area (Å²) in [5, 5.41) is 6.93. The predicted molar refractivity (Wildman–Crippen MR) is 120 cm³/mol. The van der Waals surface area contributed by atoms with Crippen molar-refractivity contribution in [3.8, 4) is 11.1 Å². The van der Waals surface area contributed by atoms with Gasteiger partial charge in [0.15, 0.2) is 5.82 Å². The quantitative estimate of drug-likeness (QED) is 0.672. The second kappa shape index (κ2) is 7.45. The van der Waals surface area contributed by atoms with Gasteiger partial charge in [-0.2, -0.15) is 0 Å². The topological polar surface area (TPSA) is 62.2 Å². The lowest BCUT2D eigenvalue weighted by Gasteiger charge is -2.21. The average Bonchev–Trinajstić information content (AvgIpc) is 3.34. The number of halogens is 1. The summed E-state index contributed by atoms with van der Waals surface area (Å²) in [5.74, 6) is 0.176. The van der Waals surface area contributed by atoms with E-state index in [-0.39, 0.29) is 5.91 Å². The summed E-state index contributed by atoms with van der Waals surface area (Å²) in [5.41, 5.74) is 7.16. The minimum atomic E-state index is -0.242. The van der Waals surface area contributed by atoms with E-state index in [9.17, 15) is 4.79 Å². The summed E-state index contributed by atoms with van der Waals surface area (Å²) in [6, 6.07) is 12.0. The van der Waals surface area contributed by atoms with Gasteiger partial charge in [-0.3, -0.25) is 4.79 Å². The third kappa shape index (κ3) is 3.16. The fourth-order valence-electron chi connectivity index (χ4n) is 4.47. The molecule has 2 aliphatic heterocycles. The van der Waals surface area contributed by atoms with Crippen LogP contribution in [-0.4, -0.2) is 40.5 Å². The molecule has 0 saturated carbocycles. The van der Waals surface area contributed by atoms with Crippen molar-refractivity contribution in [2.75, 3.05) is 30.8 Å². The molecule has 2 aliphatic rings. The normalized spacial score (nSPS) is 15.4. The lowest BCUT2D eigenvalue weighted by molar-refractivity contribution is 0.101. The highest BCUT2D eigenvalue weighted by atomic mass is 35.5. The Kier molecular flexibility index (Phi) is 4.76. The van der Waals surface area contributed by atoms with Gasteiger partial charge >= 0.3 is 0 Å². The second-order valence-electron chi connectivity index (χ2n) is 8.01. The number of rotatable bonds is 3. The fraction of sp³-hybridized carbons (Fsp3) is 0.304. The summed E-state index contributed by atoms with van der Waals surface area (Å²) >= 11 is 6.77. The number of imidazole rings is 1. The molecular formula is C23H24ClN5O. The second-order valence-corrected chi connectivity index (χ2v) is 8.38. The van der Waals surface area contributed by atoms with Crippen molar-refractivity contribution in [1.29, 1.82) is 0 Å². The van der Waals surface area contributed by atoms with Crippen LogP contribution in [0.15, 0.2) is 36.4 Å². The number of fused-ring (bicyclic) bond motifs is 2. The van der Waals surface area contributed by atoms with E-state index in [4.69, 9.17) is 11.6 Å². The zero-order valence-electron chi connectivity index (χ0n) is 17.1. The van der Waals surface area contributed by atoms with Crippen molar-refractivity contribution in [3.63, 3.8) is 0 Å². The van der Waals surface area contributed by atoms with Crippen LogP contribution in [0.3, 0.4) is 0 Å². The van der Waals surface area contributed by atoms with Gasteiger partial charge in [-0.05, 0) is 36.7 Å². The molecule has 6 nitrogen and oxygen atoms in total. The van der Waals surface area contributed by atoms with Gasteiger partial charge in [0, 0.05) is 50.0 Å². The lowest BCUT2D eigenvalue weighted by atomic mass is 9.97. The van der Waals surface area contributed by atoms with Gasteiger partial charge in [-0.1, -0.05) is 35.9 Å². The zero-order chi connectivity index (χ0) is 20.8. The van der Waals surface area contributed by atoms with E-state index in [0.717, 1.165) is 60.7 Å². The van der Waals surface area contributed by atoms with Gasteiger partial charge in [0.05, 0.1) is 16.4 Å². The first kappa shape index (κ1) is 19.2. The van der Waals surface area contributed by atoms with Gasteiger partial charge in [0.1, 0.15) is 0 Å². The highest BCUT2D eigenvalue weighted by Gasteiger charge is 2.25. The molecule has 7 heteroatoms. The van der Waals surface area contributed by atoms with Gasteiger partial charge < -0.3 is 20.1 Å². The molecule has 0 saturated heterocycles. The first-order valence-corrected chi connectivity index (χ1v) is 10.6. The van der Waals surface area contributed by atoms with Crippen molar-refractivity contribution in [2.45, 2.75) is 19.4 Å². The SMILES string of the molecule is CN1CCc2c(nc(C(=O)Nc3cccc(-c4cccc5c4CCN5)c3Cl)n2C)C1. The molecule has 5 rings (SSSR count). The lowest BCUT2D eigenvalue weighted by Crippen LogP contribution is -2.27. The van der Waals surface area contributed by atoms with Crippen LogP contribution in [0.25, 0.3) is 11.1 Å². The van der Waals surface area contributed by atoms with Crippen molar-refractivity contribution < 1.29 is 4.79 Å². The van der Waals surface area contributed by atoms with Gasteiger partial charge in [0.25, 0.3) is 5.91 Å². The number of benzene rings is 2. The fourth-order valence-corrected chi connectivity index (χ4v) is 4.75. The average molecular weight is 422 g/mol. The van der Waals surface area contributed by atoms with Crippen LogP contribution in [0.4, 0.5) is 11.4 Å². The van der Waals surface area contributed by atoms with Crippen LogP contribution in [-0.2, 0) is 26.4 Å². The van der Waals surface area contributed by atoms with Gasteiger partial charge in [0.2, 0.25) is 0 Å². The molecule has 0 aliphatic carbocycles. The molecule has 0 fully saturated rings. The number of nitrogens with zero attached hydrogens (tertiary/aromatic N) is 3. The minimum absolute atomic E-state index is 0.242. The number of carbonyl (C=O) groups excluding carboxylic acids is 1. The minimum Gasteiger partial charge on any atom is -0.384 e. The molecule has 0 radical (unpaired) electrons. The summed E-state index contributed by atoms with van der Waals surface area (Å²) in [7, 11) is 3.98. The van der Waals surface area contributed by atoms with Gasteiger partial charge in [-0.25, -0.2) is 4.98 Å². The van der Waals surface area contributed by atoms with E-state index < -0.39 is 0 Å². The Morgan fingerprint density at radius 3 is 2.80 bits per heavy atom. The maximum Gasteiger partial charge on any atom is 0.291 e. The number of amides is 1. The van der Waals surface area contributed by atoms with Crippen LogP contribution in [0.5, 0.6) is 0 Å². The summed E-state index contributed by atoms with van der Waals surface area (Å²) in [4.78, 5) is 19.9. The molecule has 3 heterocycles. The molecule has 0 atom stereocenters. The zero-order valence-corrected chi connectivity index (χ0v) is 17.9. The highest BCUT2D eigenvalue weighted by molar-refractivity contribution is 6.36. The van der Waals surface area contributed by atoms with E-state index in [1.807, 2.05) is 35.9 Å². The van der Waals surface area contributed by atoms with Crippen LogP contribution in [0.1, 0.15) is 27.6 Å². The number of hydrogen-bond acceptors (Lipinski definition) is 4. The van der Waals surface area contributed by atoms with E-state index in [0.29, 0.717) is 16.5 Å². The number of aromatic nitrogens is 2. The number of nitrogens with one attached hydrogen (secondary N) is 2. The number of likely N-dealkylation sites (N-methyl/N-ethyl adjacent to an activating group) is 1. The van der Waals surface area contributed by atoms with Crippen LogP contribution >= 0.6 is 11.6 Å². The van der Waals surface area contributed by atoms with E-state index >= 15 is 0 Å². The highest BCUT2D eigenvalue weighted by Crippen LogP contribution is 2.39. The molecule has 1 amide bonds. The molecule has 30 heavy (non-hydrogen) atoms. The molecule has 0 spiro atoms. The molecule has 0 unspecified atom stereocenters. The number of hydrogen-bond donors (Lipinski definition) is 2. The number of anilines is 2. The first-order valence-electron chi connectivity index (χ1n) is 10.2. The van der Waals surface area contributed by atoms with Crippen molar-refractivity contribution in [2.24, 2.45) is 7.05 Å². The molecule has 3 aromatic rings. The molecule has 154 valence electrons. The summed E-state index contributed by atoms with van der Waals surface area (Å²) in [6.07, 6.45) is 1.86. The summed E-state index contributed by atoms with van der Waals surface area (Å²) < 4.78 is 1.91. The Balaban J connectivity index is 1.46.